The summed E-state index contributed by atoms with van der Waals surface area (Å²) in [4.78, 5) is 35.2. The van der Waals surface area contributed by atoms with E-state index in [1.165, 1.54) is 18.7 Å². The highest BCUT2D eigenvalue weighted by molar-refractivity contribution is 8.13. The Morgan fingerprint density at radius 2 is 1.92 bits per heavy atom. The highest BCUT2D eigenvalue weighted by atomic mass is 32.2. The predicted octanol–water partition coefficient (Wildman–Crippen LogP) is 2.61. The first-order valence-electron chi connectivity index (χ1n) is 7.83. The van der Waals surface area contributed by atoms with Gasteiger partial charge in [0, 0.05) is 24.2 Å². The molecule has 0 fully saturated rings. The van der Waals surface area contributed by atoms with Crippen LogP contribution in [0.5, 0.6) is 0 Å². The van der Waals surface area contributed by atoms with Crippen molar-refractivity contribution in [3.8, 4) is 0 Å². The van der Waals surface area contributed by atoms with Crippen molar-refractivity contribution in [2.24, 2.45) is 5.92 Å². The molecule has 0 saturated carbocycles. The normalized spacial score (nSPS) is 12.8. The number of rotatable bonds is 11. The van der Waals surface area contributed by atoms with E-state index in [0.29, 0.717) is 17.9 Å². The van der Waals surface area contributed by atoms with Crippen LogP contribution in [-0.4, -0.2) is 45.4 Å². The van der Waals surface area contributed by atoms with Gasteiger partial charge in [-0.15, -0.1) is 6.58 Å². The number of carboxylic acids is 1. The highest BCUT2D eigenvalue weighted by Gasteiger charge is 2.26. The molecule has 1 unspecified atom stereocenters. The lowest BCUT2D eigenvalue weighted by Crippen LogP contribution is -2.46. The monoisotopic (exact) mass is 381 g/mol. The summed E-state index contributed by atoms with van der Waals surface area (Å²) < 4.78 is 0. The number of nitrogens with one attached hydrogen (secondary N) is 1. The second-order valence-corrected chi connectivity index (χ2v) is 7.69. The van der Waals surface area contributed by atoms with Gasteiger partial charge in [0.05, 0.1) is 5.92 Å². The summed E-state index contributed by atoms with van der Waals surface area (Å²) in [6.45, 7) is 5.04. The Hall–Kier alpha value is -1.73. The molecule has 25 heavy (non-hydrogen) atoms. The van der Waals surface area contributed by atoms with Crippen LogP contribution in [-0.2, 0) is 20.8 Å². The quantitative estimate of drug-likeness (QED) is 0.453. The summed E-state index contributed by atoms with van der Waals surface area (Å²) >= 11 is 2.47. The third-order valence-electron chi connectivity index (χ3n) is 3.32. The van der Waals surface area contributed by atoms with E-state index in [4.69, 9.17) is 0 Å². The van der Waals surface area contributed by atoms with E-state index in [-0.39, 0.29) is 16.8 Å². The molecule has 0 radical (unpaired) electrons. The van der Waals surface area contributed by atoms with Crippen molar-refractivity contribution in [1.82, 2.24) is 5.32 Å². The number of amides is 1. The molecule has 1 amide bonds. The molecule has 0 aliphatic carbocycles. The summed E-state index contributed by atoms with van der Waals surface area (Å²) in [6, 6.07) is 8.52. The van der Waals surface area contributed by atoms with E-state index in [9.17, 15) is 19.5 Å². The molecule has 1 aromatic carbocycles. The van der Waals surface area contributed by atoms with Gasteiger partial charge < -0.3 is 10.4 Å². The predicted molar refractivity (Wildman–Crippen MR) is 104 cm³/mol. The van der Waals surface area contributed by atoms with Crippen LogP contribution in [0.1, 0.15) is 12.5 Å². The molecule has 2 N–H and O–H groups in total. The lowest BCUT2D eigenvalue weighted by molar-refractivity contribution is -0.141. The molecule has 7 heteroatoms. The Morgan fingerprint density at radius 1 is 1.24 bits per heavy atom. The number of carbonyl (C=O) groups is 3. The standard InChI is InChI=1S/C18H23NO4S2/c1-3-9-24-12-16(18(22)23)19-17(21)15(11-25-13(2)20)10-14-7-5-4-6-8-14/h3-8,15-16H,1,9-12H2,2H3,(H,19,21)(H,22,23)/t15?,16-/m0/s1. The Kier molecular flexibility index (Phi) is 10.0. The van der Waals surface area contributed by atoms with Gasteiger partial charge in [-0.2, -0.15) is 11.8 Å². The zero-order chi connectivity index (χ0) is 18.7. The number of thioether (sulfide) groups is 2. The van der Waals surface area contributed by atoms with Gasteiger partial charge in [-0.3, -0.25) is 9.59 Å². The second-order valence-electron chi connectivity index (χ2n) is 5.41. The summed E-state index contributed by atoms with van der Waals surface area (Å²) in [5, 5.41) is 11.8. The van der Waals surface area contributed by atoms with Crippen LogP contribution in [0.3, 0.4) is 0 Å². The fourth-order valence-corrected chi connectivity index (χ4v) is 3.55. The first kappa shape index (κ1) is 21.3. The smallest absolute Gasteiger partial charge is 0.327 e. The van der Waals surface area contributed by atoms with Crippen molar-refractivity contribution >= 4 is 40.5 Å². The Bertz CT molecular complexity index is 592. The Balaban J connectivity index is 2.76. The topological polar surface area (TPSA) is 83.5 Å². The second kappa shape index (κ2) is 11.8. The largest absolute Gasteiger partial charge is 0.480 e. The van der Waals surface area contributed by atoms with Gasteiger partial charge in [-0.25, -0.2) is 4.79 Å². The average Bonchev–Trinajstić information content (AvgIpc) is 2.58. The van der Waals surface area contributed by atoms with Crippen LogP contribution < -0.4 is 5.32 Å². The minimum atomic E-state index is -1.07. The Morgan fingerprint density at radius 3 is 2.48 bits per heavy atom. The van der Waals surface area contributed by atoms with Gasteiger partial charge in [0.2, 0.25) is 5.91 Å². The molecule has 0 aliphatic rings. The number of carboxylic acid groups (broad SMARTS) is 1. The first-order chi connectivity index (χ1) is 11.9. The molecule has 0 aromatic heterocycles. The molecule has 0 heterocycles. The molecule has 0 saturated heterocycles. The van der Waals surface area contributed by atoms with Crippen molar-refractivity contribution in [3.05, 3.63) is 48.6 Å². The first-order valence-corrected chi connectivity index (χ1v) is 9.97. The molecule has 2 atom stereocenters. The van der Waals surface area contributed by atoms with Gasteiger partial charge in [0.15, 0.2) is 5.12 Å². The highest BCUT2D eigenvalue weighted by Crippen LogP contribution is 2.16. The lowest BCUT2D eigenvalue weighted by Gasteiger charge is -2.20. The van der Waals surface area contributed by atoms with Gasteiger partial charge in [-0.1, -0.05) is 48.2 Å². The van der Waals surface area contributed by atoms with Crippen LogP contribution in [0.2, 0.25) is 0 Å². The van der Waals surface area contributed by atoms with Crippen LogP contribution in [0, 0.1) is 5.92 Å². The molecule has 5 nitrogen and oxygen atoms in total. The van der Waals surface area contributed by atoms with Crippen molar-refractivity contribution in [3.63, 3.8) is 0 Å². The fraction of sp³-hybridized carbons (Fsp3) is 0.389. The van der Waals surface area contributed by atoms with Crippen LogP contribution in [0.15, 0.2) is 43.0 Å². The van der Waals surface area contributed by atoms with Crippen LogP contribution >= 0.6 is 23.5 Å². The molecule has 0 aliphatic heterocycles. The molecule has 1 rings (SSSR count). The molecular weight excluding hydrogens is 358 g/mol. The van der Waals surface area contributed by atoms with E-state index in [1.54, 1.807) is 6.08 Å². The zero-order valence-electron chi connectivity index (χ0n) is 14.1. The average molecular weight is 382 g/mol. The number of hydrogen-bond donors (Lipinski definition) is 2. The lowest BCUT2D eigenvalue weighted by atomic mass is 10.00. The van der Waals surface area contributed by atoms with E-state index in [2.05, 4.69) is 11.9 Å². The van der Waals surface area contributed by atoms with Crippen molar-refractivity contribution in [2.75, 3.05) is 17.3 Å². The third kappa shape index (κ3) is 8.79. The maximum atomic E-state index is 12.6. The maximum Gasteiger partial charge on any atom is 0.327 e. The third-order valence-corrected chi connectivity index (χ3v) is 5.33. The van der Waals surface area contributed by atoms with Crippen molar-refractivity contribution < 1.29 is 19.5 Å². The maximum absolute atomic E-state index is 12.6. The van der Waals surface area contributed by atoms with E-state index in [1.807, 2.05) is 30.3 Å². The van der Waals surface area contributed by atoms with Crippen LogP contribution in [0.25, 0.3) is 0 Å². The fourth-order valence-electron chi connectivity index (χ4n) is 2.08. The van der Waals surface area contributed by atoms with Crippen molar-refractivity contribution in [1.29, 1.82) is 0 Å². The SMILES string of the molecule is C=CCSC[C@H](NC(=O)C(CSC(C)=O)Cc1ccccc1)C(=O)O. The molecule has 136 valence electrons. The van der Waals surface area contributed by atoms with Gasteiger partial charge >= 0.3 is 5.97 Å². The van der Waals surface area contributed by atoms with E-state index in [0.717, 1.165) is 17.3 Å². The molecule has 0 bridgehead atoms. The summed E-state index contributed by atoms with van der Waals surface area (Å²) in [5.41, 5.74) is 0.972. The van der Waals surface area contributed by atoms with Crippen LogP contribution in [0.4, 0.5) is 0 Å². The molecular formula is C18H23NO4S2. The summed E-state index contributed by atoms with van der Waals surface area (Å²) in [7, 11) is 0. The van der Waals surface area contributed by atoms with E-state index < -0.39 is 17.9 Å². The summed E-state index contributed by atoms with van der Waals surface area (Å²) in [6.07, 6.45) is 2.15. The van der Waals surface area contributed by atoms with Gasteiger partial charge in [0.1, 0.15) is 6.04 Å². The van der Waals surface area contributed by atoms with Gasteiger partial charge in [0.25, 0.3) is 0 Å². The Labute approximate surface area is 156 Å². The number of aliphatic carboxylic acids is 1. The number of hydrogen-bond acceptors (Lipinski definition) is 5. The number of benzene rings is 1. The summed E-state index contributed by atoms with van der Waals surface area (Å²) in [5.74, 6) is -0.671. The van der Waals surface area contributed by atoms with Crippen molar-refractivity contribution in [2.45, 2.75) is 19.4 Å². The van der Waals surface area contributed by atoms with E-state index >= 15 is 0 Å². The zero-order valence-corrected chi connectivity index (χ0v) is 15.8. The minimum Gasteiger partial charge on any atom is -0.480 e. The minimum absolute atomic E-state index is 0.0674. The molecule has 1 aromatic rings. The van der Waals surface area contributed by atoms with Gasteiger partial charge in [-0.05, 0) is 12.0 Å². The molecule has 0 spiro atoms. The number of carbonyl (C=O) groups excluding carboxylic acids is 2.